The van der Waals surface area contributed by atoms with Crippen LogP contribution in [0.2, 0.25) is 0 Å². The van der Waals surface area contributed by atoms with Crippen LogP contribution in [0.5, 0.6) is 0 Å². The Morgan fingerprint density at radius 2 is 1.04 bits per heavy atom. The molecule has 0 amide bonds. The van der Waals surface area contributed by atoms with Gasteiger partial charge in [0.15, 0.2) is 0 Å². The molecule has 0 saturated heterocycles. The van der Waals surface area contributed by atoms with E-state index in [9.17, 15) is 8.42 Å². The van der Waals surface area contributed by atoms with Gasteiger partial charge in [0.1, 0.15) is 0 Å². The second kappa shape index (κ2) is 6.73. The van der Waals surface area contributed by atoms with Crippen LogP contribution in [0.3, 0.4) is 0 Å². The van der Waals surface area contributed by atoms with E-state index in [4.69, 9.17) is 20.0 Å². The number of hydroxylamine groups is 2. The van der Waals surface area contributed by atoms with Crippen molar-refractivity contribution in [3.05, 3.63) is 48.5 Å². The SMILES string of the molecule is CN(OS(=O)(=O)ON(C)c1ccc(N)cc1)c1ccc(N)cc1. The second-order valence-electron chi connectivity index (χ2n) is 4.74. The van der Waals surface area contributed by atoms with Crippen LogP contribution in [0.15, 0.2) is 48.5 Å². The Kier molecular flexibility index (Phi) is 4.94. The molecule has 2 aromatic carbocycles. The molecule has 23 heavy (non-hydrogen) atoms. The number of nitrogens with two attached hydrogens (primary N) is 2. The van der Waals surface area contributed by atoms with E-state index >= 15 is 0 Å². The van der Waals surface area contributed by atoms with Gasteiger partial charge in [-0.25, -0.2) is 10.1 Å². The predicted molar refractivity (Wildman–Crippen MR) is 89.6 cm³/mol. The fourth-order valence-electron chi connectivity index (χ4n) is 1.74. The highest BCUT2D eigenvalue weighted by Gasteiger charge is 2.20. The van der Waals surface area contributed by atoms with Gasteiger partial charge in [0.25, 0.3) is 0 Å². The van der Waals surface area contributed by atoms with Crippen molar-refractivity contribution in [1.29, 1.82) is 0 Å². The highest BCUT2D eigenvalue weighted by atomic mass is 32.3. The third-order valence-electron chi connectivity index (χ3n) is 2.92. The van der Waals surface area contributed by atoms with Crippen molar-refractivity contribution in [1.82, 2.24) is 0 Å². The molecule has 0 saturated carbocycles. The molecule has 0 aromatic heterocycles. The summed E-state index contributed by atoms with van der Waals surface area (Å²) in [5.41, 5.74) is 13.3. The quantitative estimate of drug-likeness (QED) is 0.602. The lowest BCUT2D eigenvalue weighted by molar-refractivity contribution is 0.202. The Morgan fingerprint density at radius 1 is 0.739 bits per heavy atom. The van der Waals surface area contributed by atoms with Crippen LogP contribution in [0.4, 0.5) is 22.7 Å². The minimum atomic E-state index is -4.31. The van der Waals surface area contributed by atoms with Gasteiger partial charge in [-0.3, -0.25) is 0 Å². The zero-order valence-electron chi connectivity index (χ0n) is 12.7. The first-order valence-corrected chi connectivity index (χ1v) is 7.93. The molecule has 9 heteroatoms. The van der Waals surface area contributed by atoms with Gasteiger partial charge in [0.05, 0.1) is 11.4 Å². The fraction of sp³-hybridized carbons (Fsp3) is 0.143. The van der Waals surface area contributed by atoms with Crippen molar-refractivity contribution in [2.75, 3.05) is 35.7 Å². The smallest absolute Gasteiger partial charge is 0.399 e. The first-order valence-electron chi connectivity index (χ1n) is 6.59. The number of nitrogens with zero attached hydrogens (tertiary/aromatic N) is 2. The molecule has 0 unspecified atom stereocenters. The normalized spacial score (nSPS) is 11.2. The molecule has 0 bridgehead atoms. The Balaban J connectivity index is 2.03. The van der Waals surface area contributed by atoms with Crippen molar-refractivity contribution in [3.8, 4) is 0 Å². The maximum absolute atomic E-state index is 12.0. The largest absolute Gasteiger partial charge is 0.442 e. The van der Waals surface area contributed by atoms with Crippen molar-refractivity contribution < 1.29 is 17.0 Å². The first-order chi connectivity index (χ1) is 10.8. The van der Waals surface area contributed by atoms with E-state index in [0.29, 0.717) is 22.7 Å². The van der Waals surface area contributed by atoms with E-state index < -0.39 is 10.4 Å². The maximum atomic E-state index is 12.0. The van der Waals surface area contributed by atoms with Crippen LogP contribution in [0, 0.1) is 0 Å². The lowest BCUT2D eigenvalue weighted by Gasteiger charge is -2.21. The minimum absolute atomic E-state index is 0.501. The number of benzene rings is 2. The lowest BCUT2D eigenvalue weighted by Crippen LogP contribution is -2.30. The minimum Gasteiger partial charge on any atom is -0.399 e. The Morgan fingerprint density at radius 3 is 1.35 bits per heavy atom. The third-order valence-corrected chi connectivity index (χ3v) is 3.73. The average Bonchev–Trinajstić information content (AvgIpc) is 2.47. The summed E-state index contributed by atoms with van der Waals surface area (Å²) in [7, 11) is -1.43. The van der Waals surface area contributed by atoms with Crippen LogP contribution in [0.1, 0.15) is 0 Å². The second-order valence-corrected chi connectivity index (χ2v) is 5.85. The molecule has 0 aliphatic carbocycles. The van der Waals surface area contributed by atoms with Gasteiger partial charge in [-0.1, -0.05) is 0 Å². The number of hydrogen-bond acceptors (Lipinski definition) is 8. The average molecular weight is 338 g/mol. The summed E-state index contributed by atoms with van der Waals surface area (Å²) >= 11 is 0. The maximum Gasteiger partial charge on any atom is 0.442 e. The molecule has 2 aromatic rings. The summed E-state index contributed by atoms with van der Waals surface area (Å²) in [4.78, 5) is 0. The summed E-state index contributed by atoms with van der Waals surface area (Å²) in [5.74, 6) is 0. The topological polar surface area (TPSA) is 111 Å². The molecular formula is C14H18N4O4S. The highest BCUT2D eigenvalue weighted by Crippen LogP contribution is 2.19. The van der Waals surface area contributed by atoms with Crippen molar-refractivity contribution >= 4 is 33.1 Å². The van der Waals surface area contributed by atoms with Crippen molar-refractivity contribution in [3.63, 3.8) is 0 Å². The molecular weight excluding hydrogens is 320 g/mol. The standard InChI is InChI=1S/C14H18N4O4S/c1-17(13-7-3-11(15)4-8-13)21-23(19,20)22-18(2)14-9-5-12(16)6-10-14/h3-10H,15-16H2,1-2H3. The zero-order valence-corrected chi connectivity index (χ0v) is 13.5. The van der Waals surface area contributed by atoms with Gasteiger partial charge >= 0.3 is 10.4 Å². The number of anilines is 4. The molecule has 2 rings (SSSR count). The summed E-state index contributed by atoms with van der Waals surface area (Å²) in [6, 6.07) is 13.0. The molecule has 0 aliphatic rings. The van der Waals surface area contributed by atoms with E-state index in [-0.39, 0.29) is 0 Å². The molecule has 0 radical (unpaired) electrons. The molecule has 0 heterocycles. The molecule has 0 atom stereocenters. The van der Waals surface area contributed by atoms with Crippen molar-refractivity contribution in [2.45, 2.75) is 0 Å². The summed E-state index contributed by atoms with van der Waals surface area (Å²) in [6.07, 6.45) is 0. The van der Waals surface area contributed by atoms with Crippen LogP contribution < -0.4 is 21.6 Å². The van der Waals surface area contributed by atoms with Gasteiger partial charge < -0.3 is 11.5 Å². The molecule has 0 fully saturated rings. The number of rotatable bonds is 6. The van der Waals surface area contributed by atoms with E-state index in [1.165, 1.54) is 14.1 Å². The molecule has 4 N–H and O–H groups in total. The van der Waals surface area contributed by atoms with Crippen LogP contribution in [-0.4, -0.2) is 22.5 Å². The monoisotopic (exact) mass is 338 g/mol. The first kappa shape index (κ1) is 16.9. The Labute approximate surface area is 135 Å². The predicted octanol–water partition coefficient (Wildman–Crippen LogP) is 1.53. The van der Waals surface area contributed by atoms with Crippen LogP contribution in [0.25, 0.3) is 0 Å². The van der Waals surface area contributed by atoms with E-state index in [1.54, 1.807) is 48.5 Å². The van der Waals surface area contributed by atoms with Crippen LogP contribution in [-0.2, 0) is 19.0 Å². The summed E-state index contributed by atoms with van der Waals surface area (Å²) in [5, 5.41) is 2.12. The number of hydrogen-bond donors (Lipinski definition) is 2. The van der Waals surface area contributed by atoms with E-state index in [1.807, 2.05) is 0 Å². The van der Waals surface area contributed by atoms with Gasteiger partial charge in [-0.15, -0.1) is 8.57 Å². The highest BCUT2D eigenvalue weighted by molar-refractivity contribution is 7.81. The lowest BCUT2D eigenvalue weighted by atomic mass is 10.3. The van der Waals surface area contributed by atoms with E-state index in [0.717, 1.165) is 10.1 Å². The van der Waals surface area contributed by atoms with Gasteiger partial charge in [0.2, 0.25) is 0 Å². The van der Waals surface area contributed by atoms with Gasteiger partial charge in [-0.2, -0.15) is 8.42 Å². The van der Waals surface area contributed by atoms with Gasteiger partial charge in [0, 0.05) is 25.5 Å². The summed E-state index contributed by atoms with van der Waals surface area (Å²) in [6.45, 7) is 0. The zero-order chi connectivity index (χ0) is 17.0. The molecule has 8 nitrogen and oxygen atoms in total. The number of nitrogen functional groups attached to an aromatic ring is 2. The van der Waals surface area contributed by atoms with Gasteiger partial charge in [-0.05, 0) is 48.5 Å². The Hall–Kier alpha value is -2.49. The fourth-order valence-corrected chi connectivity index (χ4v) is 2.49. The molecule has 0 spiro atoms. The van der Waals surface area contributed by atoms with Crippen LogP contribution >= 0.6 is 0 Å². The summed E-state index contributed by atoms with van der Waals surface area (Å²) < 4.78 is 33.6. The van der Waals surface area contributed by atoms with E-state index in [2.05, 4.69) is 0 Å². The molecule has 124 valence electrons. The molecule has 0 aliphatic heterocycles. The Bertz CT molecular complexity index is 688. The van der Waals surface area contributed by atoms with Crippen molar-refractivity contribution in [2.24, 2.45) is 0 Å². The third kappa shape index (κ3) is 4.74.